The summed E-state index contributed by atoms with van der Waals surface area (Å²) in [6, 6.07) is 5.14. The highest BCUT2D eigenvalue weighted by Gasteiger charge is 2.24. The second-order valence-electron chi connectivity index (χ2n) is 4.41. The molecule has 3 nitrogen and oxygen atoms in total. The number of halogens is 1. The fourth-order valence-corrected chi connectivity index (χ4v) is 1.38. The van der Waals surface area contributed by atoms with Gasteiger partial charge in [-0.2, -0.15) is 0 Å². The summed E-state index contributed by atoms with van der Waals surface area (Å²) >= 11 is 10.8. The normalized spacial score (nSPS) is 11.1. The number of benzene rings is 1. The minimum atomic E-state index is -0.718. The van der Waals surface area contributed by atoms with Gasteiger partial charge in [0.05, 0.1) is 10.5 Å². The van der Waals surface area contributed by atoms with Gasteiger partial charge in [0, 0.05) is 10.6 Å². The standard InChI is InChI=1S/C12H15ClN2OS/c1-7-4-5-8(6-9(7)13)10(16)15-12(2,3)11(14)17/h4-6H,1-3H3,(H2,14,17)(H,15,16). The molecule has 0 radical (unpaired) electrons. The zero-order valence-electron chi connectivity index (χ0n) is 10.0. The highest BCUT2D eigenvalue weighted by Crippen LogP contribution is 2.17. The van der Waals surface area contributed by atoms with E-state index in [0.29, 0.717) is 10.6 Å². The van der Waals surface area contributed by atoms with Crippen molar-refractivity contribution in [1.82, 2.24) is 5.32 Å². The first-order valence-electron chi connectivity index (χ1n) is 5.12. The van der Waals surface area contributed by atoms with Crippen LogP contribution in [0.2, 0.25) is 5.02 Å². The van der Waals surface area contributed by atoms with Gasteiger partial charge in [-0.25, -0.2) is 0 Å². The fraction of sp³-hybridized carbons (Fsp3) is 0.333. The molecule has 1 amide bonds. The number of carbonyl (C=O) groups is 1. The van der Waals surface area contributed by atoms with Crippen LogP contribution >= 0.6 is 23.8 Å². The van der Waals surface area contributed by atoms with E-state index in [2.05, 4.69) is 5.32 Å². The monoisotopic (exact) mass is 270 g/mol. The Labute approximate surface area is 111 Å². The number of carbonyl (C=O) groups excluding carboxylic acids is 1. The molecule has 1 aromatic carbocycles. The van der Waals surface area contributed by atoms with Crippen molar-refractivity contribution in [3.05, 3.63) is 34.3 Å². The van der Waals surface area contributed by atoms with Crippen LogP contribution in [-0.2, 0) is 0 Å². The Kier molecular flexibility index (Phi) is 4.11. The summed E-state index contributed by atoms with van der Waals surface area (Å²) in [6.07, 6.45) is 0. The maximum absolute atomic E-state index is 11.9. The molecule has 0 bridgehead atoms. The number of hydrogen-bond acceptors (Lipinski definition) is 2. The number of nitrogens with two attached hydrogens (primary N) is 1. The molecule has 0 aliphatic carbocycles. The average Bonchev–Trinajstić information content (AvgIpc) is 2.21. The first kappa shape index (κ1) is 13.9. The Hall–Kier alpha value is -1.13. The van der Waals surface area contributed by atoms with Crippen LogP contribution in [0.25, 0.3) is 0 Å². The first-order valence-corrected chi connectivity index (χ1v) is 5.91. The predicted molar refractivity (Wildman–Crippen MR) is 74.5 cm³/mol. The van der Waals surface area contributed by atoms with Gasteiger partial charge < -0.3 is 11.1 Å². The van der Waals surface area contributed by atoms with Crippen LogP contribution in [-0.4, -0.2) is 16.4 Å². The van der Waals surface area contributed by atoms with Crippen molar-refractivity contribution in [2.45, 2.75) is 26.3 Å². The third kappa shape index (κ3) is 3.41. The summed E-state index contributed by atoms with van der Waals surface area (Å²) in [5.41, 5.74) is 6.24. The molecule has 5 heteroatoms. The number of rotatable bonds is 3. The van der Waals surface area contributed by atoms with E-state index in [9.17, 15) is 4.79 Å². The van der Waals surface area contributed by atoms with Crippen LogP contribution < -0.4 is 11.1 Å². The van der Waals surface area contributed by atoms with Crippen molar-refractivity contribution in [3.63, 3.8) is 0 Å². The van der Waals surface area contributed by atoms with Crippen molar-refractivity contribution in [2.75, 3.05) is 0 Å². The lowest BCUT2D eigenvalue weighted by molar-refractivity contribution is 0.0932. The van der Waals surface area contributed by atoms with Gasteiger partial charge in [0.2, 0.25) is 0 Å². The van der Waals surface area contributed by atoms with Gasteiger partial charge in [-0.3, -0.25) is 4.79 Å². The Bertz CT molecular complexity index is 472. The van der Waals surface area contributed by atoms with Crippen LogP contribution in [0.4, 0.5) is 0 Å². The average molecular weight is 271 g/mol. The summed E-state index contributed by atoms with van der Waals surface area (Å²) in [5.74, 6) is -0.246. The Morgan fingerprint density at radius 2 is 2.06 bits per heavy atom. The van der Waals surface area contributed by atoms with E-state index in [1.807, 2.05) is 6.92 Å². The van der Waals surface area contributed by atoms with Crippen molar-refractivity contribution >= 4 is 34.7 Å². The van der Waals surface area contributed by atoms with E-state index in [-0.39, 0.29) is 10.9 Å². The quantitative estimate of drug-likeness (QED) is 0.830. The van der Waals surface area contributed by atoms with E-state index in [1.54, 1.807) is 32.0 Å². The maximum atomic E-state index is 11.9. The third-order valence-electron chi connectivity index (χ3n) is 2.48. The van der Waals surface area contributed by atoms with Crippen LogP contribution in [0.5, 0.6) is 0 Å². The van der Waals surface area contributed by atoms with Crippen LogP contribution in [0.3, 0.4) is 0 Å². The molecular formula is C12H15ClN2OS. The van der Waals surface area contributed by atoms with Gasteiger partial charge in [0.15, 0.2) is 0 Å². The molecule has 0 aliphatic heterocycles. The lowest BCUT2D eigenvalue weighted by Gasteiger charge is -2.24. The first-order chi connectivity index (χ1) is 7.74. The molecule has 3 N–H and O–H groups in total. The second kappa shape index (κ2) is 5.02. The van der Waals surface area contributed by atoms with Gasteiger partial charge >= 0.3 is 0 Å². The molecule has 0 aliphatic rings. The molecule has 0 unspecified atom stereocenters. The molecule has 1 aromatic rings. The summed E-state index contributed by atoms with van der Waals surface area (Å²) < 4.78 is 0. The molecule has 0 spiro atoms. The van der Waals surface area contributed by atoms with Crippen LogP contribution in [0.1, 0.15) is 29.8 Å². The van der Waals surface area contributed by atoms with Gasteiger partial charge in [-0.15, -0.1) is 0 Å². The predicted octanol–water partition coefficient (Wildman–Crippen LogP) is 2.44. The van der Waals surface area contributed by atoms with Crippen LogP contribution in [0.15, 0.2) is 18.2 Å². The zero-order valence-corrected chi connectivity index (χ0v) is 11.6. The van der Waals surface area contributed by atoms with E-state index >= 15 is 0 Å². The summed E-state index contributed by atoms with van der Waals surface area (Å²) in [6.45, 7) is 5.38. The van der Waals surface area contributed by atoms with Gasteiger partial charge in [0.25, 0.3) is 5.91 Å². The second-order valence-corrected chi connectivity index (χ2v) is 5.25. The minimum absolute atomic E-state index is 0.240. The minimum Gasteiger partial charge on any atom is -0.391 e. The summed E-state index contributed by atoms with van der Waals surface area (Å²) in [4.78, 5) is 12.2. The number of nitrogens with one attached hydrogen (secondary N) is 1. The molecule has 0 saturated heterocycles. The molecule has 0 fully saturated rings. The topological polar surface area (TPSA) is 55.1 Å². The molecule has 92 valence electrons. The highest BCUT2D eigenvalue weighted by atomic mass is 35.5. The summed E-state index contributed by atoms with van der Waals surface area (Å²) in [7, 11) is 0. The van der Waals surface area contributed by atoms with Crippen molar-refractivity contribution in [1.29, 1.82) is 0 Å². The lowest BCUT2D eigenvalue weighted by Crippen LogP contribution is -2.52. The molecule has 0 heterocycles. The molecule has 0 atom stereocenters. The number of amides is 1. The van der Waals surface area contributed by atoms with Gasteiger partial charge in [-0.05, 0) is 38.5 Å². The Morgan fingerprint density at radius 3 is 2.53 bits per heavy atom. The molecule has 17 heavy (non-hydrogen) atoms. The smallest absolute Gasteiger partial charge is 0.252 e. The Balaban J connectivity index is 2.91. The maximum Gasteiger partial charge on any atom is 0.252 e. The number of thiocarbonyl (C=S) groups is 1. The fourth-order valence-electron chi connectivity index (χ4n) is 1.15. The zero-order chi connectivity index (χ0) is 13.2. The molecule has 1 rings (SSSR count). The summed E-state index contributed by atoms with van der Waals surface area (Å²) in [5, 5.41) is 3.32. The Morgan fingerprint density at radius 1 is 1.47 bits per heavy atom. The SMILES string of the molecule is Cc1ccc(C(=O)NC(C)(C)C(N)=S)cc1Cl. The van der Waals surface area contributed by atoms with Crippen molar-refractivity contribution in [2.24, 2.45) is 5.73 Å². The van der Waals surface area contributed by atoms with Crippen LogP contribution in [0, 0.1) is 6.92 Å². The van der Waals surface area contributed by atoms with E-state index in [4.69, 9.17) is 29.6 Å². The largest absolute Gasteiger partial charge is 0.391 e. The van der Waals surface area contributed by atoms with Crippen molar-refractivity contribution in [3.8, 4) is 0 Å². The van der Waals surface area contributed by atoms with Gasteiger partial charge in [-0.1, -0.05) is 29.9 Å². The molecule has 0 saturated carbocycles. The number of hydrogen-bond donors (Lipinski definition) is 2. The number of aryl methyl sites for hydroxylation is 1. The van der Waals surface area contributed by atoms with E-state index < -0.39 is 5.54 Å². The third-order valence-corrected chi connectivity index (χ3v) is 3.39. The van der Waals surface area contributed by atoms with E-state index in [1.165, 1.54) is 0 Å². The molecular weight excluding hydrogens is 256 g/mol. The lowest BCUT2D eigenvalue weighted by atomic mass is 10.0. The van der Waals surface area contributed by atoms with E-state index in [0.717, 1.165) is 5.56 Å². The van der Waals surface area contributed by atoms with Gasteiger partial charge in [0.1, 0.15) is 0 Å². The molecule has 0 aromatic heterocycles. The highest BCUT2D eigenvalue weighted by molar-refractivity contribution is 7.80. The van der Waals surface area contributed by atoms with Crippen molar-refractivity contribution < 1.29 is 4.79 Å².